The molecular weight excluding hydrogens is 408 g/mol. The van der Waals surface area contributed by atoms with Crippen molar-refractivity contribution in [2.24, 2.45) is 15.8 Å². The number of hydrogen-bond acceptors (Lipinski definition) is 3. The second kappa shape index (κ2) is 9.75. The number of guanidine groups is 1. The zero-order chi connectivity index (χ0) is 19.1. The van der Waals surface area contributed by atoms with Crippen LogP contribution in [-0.4, -0.2) is 37.2 Å². The standard InChI is InChI=1S/C17H22BrF2N5O/c1-11(20)12(2)22-17(24-21)23-16(6-7-19)25-8-9-26-10-13-14(18)4-3-5-15(13)25/h3-7,11-12H,8-10,21H2,1-2H3,(H,22,24)/b7-6-,23-16+/t11?,12-/m0/s1. The smallest absolute Gasteiger partial charge is 0.234 e. The van der Waals surface area contributed by atoms with Crippen LogP contribution in [0.2, 0.25) is 0 Å². The number of benzene rings is 1. The van der Waals surface area contributed by atoms with Gasteiger partial charge in [0.25, 0.3) is 0 Å². The van der Waals surface area contributed by atoms with E-state index < -0.39 is 12.2 Å². The monoisotopic (exact) mass is 429 g/mol. The van der Waals surface area contributed by atoms with Crippen molar-refractivity contribution in [3.8, 4) is 0 Å². The molecule has 0 saturated carbocycles. The Morgan fingerprint density at radius 2 is 2.23 bits per heavy atom. The first-order chi connectivity index (χ1) is 12.5. The molecule has 0 fully saturated rings. The van der Waals surface area contributed by atoms with E-state index in [1.54, 1.807) is 11.8 Å². The van der Waals surface area contributed by atoms with E-state index in [0.717, 1.165) is 15.7 Å². The van der Waals surface area contributed by atoms with Gasteiger partial charge >= 0.3 is 0 Å². The number of nitrogens with two attached hydrogens (primary N) is 1. The molecule has 0 aliphatic carbocycles. The summed E-state index contributed by atoms with van der Waals surface area (Å²) in [5.41, 5.74) is 4.10. The van der Waals surface area contributed by atoms with Crippen LogP contribution in [0.1, 0.15) is 19.4 Å². The van der Waals surface area contributed by atoms with Crippen molar-refractivity contribution in [1.82, 2.24) is 5.43 Å². The van der Waals surface area contributed by atoms with E-state index in [0.29, 0.717) is 26.1 Å². The van der Waals surface area contributed by atoms with Crippen molar-refractivity contribution in [1.29, 1.82) is 0 Å². The lowest BCUT2D eigenvalue weighted by molar-refractivity contribution is 0.133. The summed E-state index contributed by atoms with van der Waals surface area (Å²) >= 11 is 3.51. The molecule has 1 unspecified atom stereocenters. The average Bonchev–Trinajstić information content (AvgIpc) is 2.84. The summed E-state index contributed by atoms with van der Waals surface area (Å²) in [6, 6.07) is 5.04. The Balaban J connectivity index is 2.48. The van der Waals surface area contributed by atoms with E-state index in [1.165, 1.54) is 13.0 Å². The van der Waals surface area contributed by atoms with Gasteiger partial charge in [0.2, 0.25) is 5.96 Å². The summed E-state index contributed by atoms with van der Waals surface area (Å²) in [6.07, 6.45) is 0.418. The highest BCUT2D eigenvalue weighted by Crippen LogP contribution is 2.31. The van der Waals surface area contributed by atoms with Gasteiger partial charge in [0, 0.05) is 28.3 Å². The van der Waals surface area contributed by atoms with Gasteiger partial charge in [-0.05, 0) is 26.0 Å². The molecule has 0 saturated heterocycles. The predicted octanol–water partition coefficient (Wildman–Crippen LogP) is 3.23. The van der Waals surface area contributed by atoms with E-state index in [2.05, 4.69) is 31.3 Å². The minimum absolute atomic E-state index is 0.0109. The number of halogens is 3. The van der Waals surface area contributed by atoms with Gasteiger partial charge in [-0.25, -0.2) is 19.6 Å². The number of fused-ring (bicyclic) bond motifs is 1. The lowest BCUT2D eigenvalue weighted by Crippen LogP contribution is -2.37. The van der Waals surface area contributed by atoms with E-state index in [9.17, 15) is 8.78 Å². The molecule has 0 amide bonds. The molecule has 0 radical (unpaired) electrons. The van der Waals surface area contributed by atoms with Gasteiger partial charge in [-0.15, -0.1) is 0 Å². The highest BCUT2D eigenvalue weighted by molar-refractivity contribution is 9.10. The second-order valence-corrected chi connectivity index (χ2v) is 6.57. The van der Waals surface area contributed by atoms with Gasteiger partial charge in [-0.3, -0.25) is 5.43 Å². The fourth-order valence-electron chi connectivity index (χ4n) is 2.38. The molecule has 0 spiro atoms. The Morgan fingerprint density at radius 3 is 2.88 bits per heavy atom. The molecule has 6 nitrogen and oxygen atoms in total. The Morgan fingerprint density at radius 1 is 1.46 bits per heavy atom. The van der Waals surface area contributed by atoms with Gasteiger partial charge in [0.05, 0.1) is 25.6 Å². The fraction of sp³-hybridized carbons (Fsp3) is 0.412. The fourth-order valence-corrected chi connectivity index (χ4v) is 2.85. The summed E-state index contributed by atoms with van der Waals surface area (Å²) < 4.78 is 32.9. The molecule has 1 aromatic carbocycles. The third-order valence-electron chi connectivity index (χ3n) is 3.92. The largest absolute Gasteiger partial charge is 0.375 e. The van der Waals surface area contributed by atoms with Crippen LogP contribution >= 0.6 is 15.9 Å². The van der Waals surface area contributed by atoms with Crippen LogP contribution in [0.15, 0.2) is 45.1 Å². The molecular formula is C17H22BrF2N5O. The van der Waals surface area contributed by atoms with Crippen molar-refractivity contribution in [2.75, 3.05) is 18.1 Å². The van der Waals surface area contributed by atoms with Crippen LogP contribution in [0.5, 0.6) is 0 Å². The number of hydrazine groups is 1. The number of amidine groups is 1. The Bertz CT molecular complexity index is 708. The van der Waals surface area contributed by atoms with E-state index in [-0.39, 0.29) is 11.8 Å². The van der Waals surface area contributed by atoms with Crippen molar-refractivity contribution < 1.29 is 13.5 Å². The molecule has 1 aliphatic rings. The maximum atomic E-state index is 13.4. The molecule has 1 aromatic rings. The first kappa shape index (κ1) is 20.5. The van der Waals surface area contributed by atoms with Crippen LogP contribution in [0, 0.1) is 0 Å². The van der Waals surface area contributed by atoms with Crippen LogP contribution < -0.4 is 16.2 Å². The van der Waals surface area contributed by atoms with Gasteiger partial charge < -0.3 is 9.64 Å². The highest BCUT2D eigenvalue weighted by Gasteiger charge is 2.21. The summed E-state index contributed by atoms with van der Waals surface area (Å²) in [5, 5.41) is 0. The van der Waals surface area contributed by atoms with Crippen molar-refractivity contribution >= 4 is 33.4 Å². The van der Waals surface area contributed by atoms with Crippen LogP contribution in [0.4, 0.5) is 14.5 Å². The van der Waals surface area contributed by atoms with Gasteiger partial charge in [-0.2, -0.15) is 4.99 Å². The summed E-state index contributed by atoms with van der Waals surface area (Å²) in [5.74, 6) is 5.75. The molecule has 2 atom stereocenters. The lowest BCUT2D eigenvalue weighted by atomic mass is 10.1. The Hall–Kier alpha value is -1.84. The lowest BCUT2D eigenvalue weighted by Gasteiger charge is -2.24. The number of ether oxygens (including phenoxy) is 1. The number of nitrogens with one attached hydrogen (secondary N) is 1. The number of aliphatic imine (C=N–C) groups is 2. The average molecular weight is 430 g/mol. The molecule has 0 aromatic heterocycles. The third kappa shape index (κ3) is 5.09. The quantitative estimate of drug-likeness (QED) is 0.334. The molecule has 9 heteroatoms. The molecule has 2 rings (SSSR count). The van der Waals surface area contributed by atoms with Crippen LogP contribution in [-0.2, 0) is 11.3 Å². The number of nitrogens with zero attached hydrogens (tertiary/aromatic N) is 3. The summed E-state index contributed by atoms with van der Waals surface area (Å²) in [4.78, 5) is 10.2. The first-order valence-electron chi connectivity index (χ1n) is 8.14. The topological polar surface area (TPSA) is 75.2 Å². The van der Waals surface area contributed by atoms with Crippen molar-refractivity contribution in [3.05, 3.63) is 40.6 Å². The summed E-state index contributed by atoms with van der Waals surface area (Å²) in [7, 11) is 0. The molecule has 1 aliphatic heterocycles. The Kier molecular flexibility index (Phi) is 7.67. The van der Waals surface area contributed by atoms with E-state index >= 15 is 0 Å². The molecule has 1 heterocycles. The number of anilines is 1. The zero-order valence-electron chi connectivity index (χ0n) is 14.6. The molecule has 0 bridgehead atoms. The normalized spacial score (nSPS) is 18.5. The number of rotatable bonds is 3. The number of alkyl halides is 1. The third-order valence-corrected chi connectivity index (χ3v) is 4.66. The highest BCUT2D eigenvalue weighted by atomic mass is 79.9. The van der Waals surface area contributed by atoms with Crippen molar-refractivity contribution in [2.45, 2.75) is 32.7 Å². The minimum Gasteiger partial charge on any atom is -0.375 e. The molecule has 26 heavy (non-hydrogen) atoms. The van der Waals surface area contributed by atoms with Gasteiger partial charge in [0.15, 0.2) is 0 Å². The predicted molar refractivity (Wildman–Crippen MR) is 104 cm³/mol. The van der Waals surface area contributed by atoms with E-state index in [1.807, 2.05) is 18.2 Å². The number of hydrogen-bond donors (Lipinski definition) is 2. The van der Waals surface area contributed by atoms with E-state index in [4.69, 9.17) is 10.6 Å². The maximum Gasteiger partial charge on any atom is 0.234 e. The summed E-state index contributed by atoms with van der Waals surface area (Å²) in [6.45, 7) is 4.31. The maximum absolute atomic E-state index is 13.4. The van der Waals surface area contributed by atoms with Crippen LogP contribution in [0.3, 0.4) is 0 Å². The van der Waals surface area contributed by atoms with Gasteiger partial charge in [-0.1, -0.05) is 22.0 Å². The molecule has 142 valence electrons. The van der Waals surface area contributed by atoms with Crippen LogP contribution in [0.25, 0.3) is 0 Å². The molecule has 3 N–H and O–H groups in total. The SMILES string of the molecule is CC(F)[C@H](C)\N=C(/N=C(\C=C/F)N1CCOCc2c(Br)cccc21)NN. The van der Waals surface area contributed by atoms with Crippen molar-refractivity contribution in [3.63, 3.8) is 0 Å². The first-order valence-corrected chi connectivity index (χ1v) is 8.93. The Labute approximate surface area is 159 Å². The minimum atomic E-state index is -1.17. The second-order valence-electron chi connectivity index (χ2n) is 5.72. The van der Waals surface area contributed by atoms with Gasteiger partial charge in [0.1, 0.15) is 12.0 Å². The zero-order valence-corrected chi connectivity index (χ0v) is 16.2.